The number of anilines is 1. The number of aryl methyl sites for hydroxylation is 1. The van der Waals surface area contributed by atoms with Crippen molar-refractivity contribution in [1.29, 1.82) is 0 Å². The number of nitrogens with one attached hydrogen (secondary N) is 1. The molecule has 0 aliphatic carbocycles. The first-order valence-corrected chi connectivity index (χ1v) is 10.1. The summed E-state index contributed by atoms with van der Waals surface area (Å²) in [5, 5.41) is 10.4. The third kappa shape index (κ3) is 5.24. The van der Waals surface area contributed by atoms with Crippen LogP contribution in [0.3, 0.4) is 0 Å². The van der Waals surface area contributed by atoms with Crippen LogP contribution in [0.5, 0.6) is 5.75 Å². The molecule has 8 nitrogen and oxygen atoms in total. The summed E-state index contributed by atoms with van der Waals surface area (Å²) in [7, 11) is 1.57. The van der Waals surface area contributed by atoms with E-state index in [0.717, 1.165) is 5.56 Å². The number of methoxy groups -OCH3 is 1. The lowest BCUT2D eigenvalue weighted by Gasteiger charge is -2.17. The van der Waals surface area contributed by atoms with Crippen LogP contribution in [0.25, 0.3) is 11.5 Å². The Bertz CT molecular complexity index is 1240. The second-order valence-electron chi connectivity index (χ2n) is 7.19. The molecule has 0 bridgehead atoms. The summed E-state index contributed by atoms with van der Waals surface area (Å²) in [5.41, 5.74) is 2.52. The van der Waals surface area contributed by atoms with Crippen LogP contribution in [0.2, 0.25) is 0 Å². The predicted molar refractivity (Wildman–Crippen MR) is 121 cm³/mol. The molecule has 4 aromatic rings. The Labute approximate surface area is 190 Å². The highest BCUT2D eigenvalue weighted by Gasteiger charge is 2.27. The zero-order valence-electron chi connectivity index (χ0n) is 18.0. The molecule has 1 N–H and O–H groups in total. The Morgan fingerprint density at radius 2 is 1.61 bits per heavy atom. The molecule has 0 radical (unpaired) electrons. The van der Waals surface area contributed by atoms with E-state index in [1.165, 1.54) is 0 Å². The van der Waals surface area contributed by atoms with E-state index >= 15 is 0 Å². The van der Waals surface area contributed by atoms with E-state index in [2.05, 4.69) is 15.5 Å². The zero-order chi connectivity index (χ0) is 23.2. The van der Waals surface area contributed by atoms with Crippen molar-refractivity contribution in [3.63, 3.8) is 0 Å². The van der Waals surface area contributed by atoms with Gasteiger partial charge in [0.1, 0.15) is 5.75 Å². The number of amides is 1. The minimum absolute atomic E-state index is 0.113. The average molecular weight is 443 g/mol. The van der Waals surface area contributed by atoms with Gasteiger partial charge in [0.25, 0.3) is 5.91 Å². The van der Waals surface area contributed by atoms with Gasteiger partial charge in [0.2, 0.25) is 12.0 Å². The maximum Gasteiger partial charge on any atom is 0.339 e. The standard InChI is InChI=1S/C25H21N3O5/c1-16-8-10-19(11-9-16)24(30)32-21(17-6-4-3-5-7-17)22(29)26-25-28-27-23(33-25)18-12-14-20(31-2)15-13-18/h3-15,21H,1-2H3,(H,26,28,29). The van der Waals surface area contributed by atoms with E-state index in [1.807, 2.05) is 6.92 Å². The quantitative estimate of drug-likeness (QED) is 0.417. The molecule has 8 heteroatoms. The van der Waals surface area contributed by atoms with Crippen molar-refractivity contribution < 1.29 is 23.5 Å². The molecule has 0 saturated carbocycles. The summed E-state index contributed by atoms with van der Waals surface area (Å²) < 4.78 is 16.3. The Morgan fingerprint density at radius 1 is 0.909 bits per heavy atom. The fourth-order valence-electron chi connectivity index (χ4n) is 3.06. The van der Waals surface area contributed by atoms with Gasteiger partial charge in [0.05, 0.1) is 12.7 Å². The molecule has 1 atom stereocenters. The monoisotopic (exact) mass is 443 g/mol. The van der Waals surface area contributed by atoms with E-state index in [-0.39, 0.29) is 11.9 Å². The van der Waals surface area contributed by atoms with Crippen LogP contribution in [-0.2, 0) is 9.53 Å². The molecule has 166 valence electrons. The molecule has 1 heterocycles. The Kier molecular flexibility index (Phi) is 6.45. The number of benzene rings is 3. The highest BCUT2D eigenvalue weighted by atomic mass is 16.5. The molecular formula is C25H21N3O5. The van der Waals surface area contributed by atoms with Crippen molar-refractivity contribution >= 4 is 17.9 Å². The van der Waals surface area contributed by atoms with Crippen molar-refractivity contribution in [1.82, 2.24) is 10.2 Å². The topological polar surface area (TPSA) is 104 Å². The first kappa shape index (κ1) is 21.8. The van der Waals surface area contributed by atoms with Gasteiger partial charge in [-0.05, 0) is 43.3 Å². The largest absolute Gasteiger partial charge is 0.497 e. The number of hydrogen-bond acceptors (Lipinski definition) is 7. The van der Waals surface area contributed by atoms with Crippen LogP contribution in [-0.4, -0.2) is 29.2 Å². The number of ether oxygens (including phenoxy) is 2. The SMILES string of the molecule is COc1ccc(-c2nnc(NC(=O)C(OC(=O)c3ccc(C)cc3)c3ccccc3)o2)cc1. The predicted octanol–water partition coefficient (Wildman–Crippen LogP) is 4.59. The van der Waals surface area contributed by atoms with Gasteiger partial charge in [-0.1, -0.05) is 53.1 Å². The molecule has 0 spiro atoms. The Balaban J connectivity index is 1.52. The Hall–Kier alpha value is -4.46. The fourth-order valence-corrected chi connectivity index (χ4v) is 3.06. The molecule has 3 aromatic carbocycles. The van der Waals surface area contributed by atoms with Gasteiger partial charge in [-0.3, -0.25) is 10.1 Å². The van der Waals surface area contributed by atoms with Crippen molar-refractivity contribution in [2.24, 2.45) is 0 Å². The number of aromatic nitrogens is 2. The van der Waals surface area contributed by atoms with Crippen molar-refractivity contribution in [2.45, 2.75) is 13.0 Å². The first-order chi connectivity index (χ1) is 16.0. The molecule has 0 saturated heterocycles. The summed E-state index contributed by atoms with van der Waals surface area (Å²) >= 11 is 0. The van der Waals surface area contributed by atoms with Crippen LogP contribution in [0, 0.1) is 6.92 Å². The maximum absolute atomic E-state index is 13.0. The van der Waals surface area contributed by atoms with Crippen LogP contribution in [0.4, 0.5) is 6.01 Å². The van der Waals surface area contributed by atoms with Gasteiger partial charge in [0, 0.05) is 11.1 Å². The fraction of sp³-hybridized carbons (Fsp3) is 0.120. The highest BCUT2D eigenvalue weighted by Crippen LogP contribution is 2.25. The lowest BCUT2D eigenvalue weighted by atomic mass is 10.1. The molecule has 1 unspecified atom stereocenters. The van der Waals surface area contributed by atoms with Crippen LogP contribution in [0.15, 0.2) is 83.3 Å². The number of carbonyl (C=O) groups is 2. The summed E-state index contributed by atoms with van der Waals surface area (Å²) in [6, 6.07) is 22.5. The second kappa shape index (κ2) is 9.78. The van der Waals surface area contributed by atoms with Gasteiger partial charge < -0.3 is 13.9 Å². The molecule has 0 fully saturated rings. The van der Waals surface area contributed by atoms with Gasteiger partial charge in [0.15, 0.2) is 0 Å². The number of rotatable bonds is 7. The number of nitrogens with zero attached hydrogens (tertiary/aromatic N) is 2. The maximum atomic E-state index is 13.0. The molecule has 4 rings (SSSR count). The van der Waals surface area contributed by atoms with Gasteiger partial charge in [-0.25, -0.2) is 4.79 Å². The number of carbonyl (C=O) groups excluding carboxylic acids is 2. The molecule has 0 aliphatic heterocycles. The lowest BCUT2D eigenvalue weighted by molar-refractivity contribution is -0.125. The van der Waals surface area contributed by atoms with E-state index < -0.39 is 18.0 Å². The van der Waals surface area contributed by atoms with Crippen LogP contribution < -0.4 is 10.1 Å². The third-order valence-corrected chi connectivity index (χ3v) is 4.84. The number of hydrogen-bond donors (Lipinski definition) is 1. The van der Waals surface area contributed by atoms with Crippen molar-refractivity contribution in [2.75, 3.05) is 12.4 Å². The van der Waals surface area contributed by atoms with E-state index in [4.69, 9.17) is 13.9 Å². The number of esters is 1. The molecule has 1 amide bonds. The van der Waals surface area contributed by atoms with Gasteiger partial charge in [-0.15, -0.1) is 5.10 Å². The summed E-state index contributed by atoms with van der Waals surface area (Å²) in [4.78, 5) is 25.7. The van der Waals surface area contributed by atoms with E-state index in [1.54, 1.807) is 86.0 Å². The normalized spacial score (nSPS) is 11.5. The van der Waals surface area contributed by atoms with Crippen molar-refractivity contribution in [3.05, 3.63) is 95.6 Å². The van der Waals surface area contributed by atoms with Crippen LogP contribution in [0.1, 0.15) is 27.6 Å². The minimum atomic E-state index is -1.21. The zero-order valence-corrected chi connectivity index (χ0v) is 18.0. The molecule has 33 heavy (non-hydrogen) atoms. The Morgan fingerprint density at radius 3 is 2.27 bits per heavy atom. The lowest BCUT2D eigenvalue weighted by Crippen LogP contribution is -2.26. The highest BCUT2D eigenvalue weighted by molar-refractivity contribution is 5.97. The van der Waals surface area contributed by atoms with E-state index in [0.29, 0.717) is 22.4 Å². The summed E-state index contributed by atoms with van der Waals surface area (Å²) in [5.74, 6) is -0.330. The molecule has 0 aliphatic rings. The second-order valence-corrected chi connectivity index (χ2v) is 7.19. The first-order valence-electron chi connectivity index (χ1n) is 10.1. The molecule has 1 aromatic heterocycles. The average Bonchev–Trinajstić information content (AvgIpc) is 3.31. The smallest absolute Gasteiger partial charge is 0.339 e. The van der Waals surface area contributed by atoms with Gasteiger partial charge >= 0.3 is 12.0 Å². The summed E-state index contributed by atoms with van der Waals surface area (Å²) in [6.07, 6.45) is -1.21. The van der Waals surface area contributed by atoms with Crippen LogP contribution >= 0.6 is 0 Å². The van der Waals surface area contributed by atoms with Crippen molar-refractivity contribution in [3.8, 4) is 17.2 Å². The minimum Gasteiger partial charge on any atom is -0.497 e. The van der Waals surface area contributed by atoms with Gasteiger partial charge in [-0.2, -0.15) is 0 Å². The van der Waals surface area contributed by atoms with E-state index in [9.17, 15) is 9.59 Å². The molecular weight excluding hydrogens is 422 g/mol. The third-order valence-electron chi connectivity index (χ3n) is 4.84. The summed E-state index contributed by atoms with van der Waals surface area (Å²) in [6.45, 7) is 1.92.